The zero-order valence-corrected chi connectivity index (χ0v) is 17.2. The summed E-state index contributed by atoms with van der Waals surface area (Å²) in [5, 5.41) is 4.08. The molecule has 0 fully saturated rings. The number of hydrogen-bond acceptors (Lipinski definition) is 6. The fourth-order valence-corrected chi connectivity index (χ4v) is 4.57. The van der Waals surface area contributed by atoms with Gasteiger partial charge in [0.05, 0.1) is 23.7 Å². The zero-order chi connectivity index (χ0) is 22.1. The van der Waals surface area contributed by atoms with E-state index in [0.717, 1.165) is 40.3 Å². The number of carbonyl (C=O) groups excluding carboxylic acids is 1. The van der Waals surface area contributed by atoms with Gasteiger partial charge in [0.25, 0.3) is 5.91 Å². The summed E-state index contributed by atoms with van der Waals surface area (Å²) >= 11 is 1.14. The maximum atomic E-state index is 13.5. The molecule has 2 aromatic heterocycles. The number of benzene rings is 1. The van der Waals surface area contributed by atoms with Gasteiger partial charge in [-0.25, -0.2) is 18.3 Å². The van der Waals surface area contributed by atoms with E-state index in [1.54, 1.807) is 19.2 Å². The lowest BCUT2D eigenvalue weighted by Crippen LogP contribution is -2.33. The van der Waals surface area contributed by atoms with Crippen molar-refractivity contribution in [3.8, 4) is 0 Å². The molecule has 1 aliphatic heterocycles. The second kappa shape index (κ2) is 8.34. The molecule has 1 unspecified atom stereocenters. The number of thioether (sulfide) groups is 1. The van der Waals surface area contributed by atoms with Gasteiger partial charge in [-0.3, -0.25) is 14.3 Å². The fraction of sp³-hybridized carbons (Fsp3) is 0.200. The van der Waals surface area contributed by atoms with Gasteiger partial charge in [-0.05, 0) is 36.8 Å². The Kier molecular flexibility index (Phi) is 5.59. The number of allylic oxidation sites excluding steroid dienone is 1. The van der Waals surface area contributed by atoms with E-state index >= 15 is 0 Å². The van der Waals surface area contributed by atoms with Crippen LogP contribution < -0.4 is 11.4 Å². The lowest BCUT2D eigenvalue weighted by molar-refractivity contribution is -0.114. The molecule has 0 radical (unpaired) electrons. The first-order valence-electron chi connectivity index (χ1n) is 9.26. The summed E-state index contributed by atoms with van der Waals surface area (Å²) in [5.41, 5.74) is 6.04. The van der Waals surface area contributed by atoms with E-state index in [1.807, 2.05) is 17.0 Å². The molecule has 0 saturated carbocycles. The molecule has 1 amide bonds. The first-order chi connectivity index (χ1) is 14.8. The van der Waals surface area contributed by atoms with Crippen molar-refractivity contribution in [3.63, 3.8) is 0 Å². The summed E-state index contributed by atoms with van der Waals surface area (Å²) in [6.45, 7) is 1.99. The Hall–Kier alpha value is -3.47. The number of rotatable bonds is 6. The van der Waals surface area contributed by atoms with Crippen LogP contribution in [0.25, 0.3) is 0 Å². The highest BCUT2D eigenvalue weighted by molar-refractivity contribution is 8.04. The summed E-state index contributed by atoms with van der Waals surface area (Å²) in [7, 11) is 0. The van der Waals surface area contributed by atoms with Crippen LogP contribution in [0.15, 0.2) is 64.3 Å². The predicted molar refractivity (Wildman–Crippen MR) is 110 cm³/mol. The highest BCUT2D eigenvalue weighted by Gasteiger charge is 2.35. The minimum atomic E-state index is -0.735. The van der Waals surface area contributed by atoms with Gasteiger partial charge in [0, 0.05) is 18.0 Å². The van der Waals surface area contributed by atoms with Crippen LogP contribution in [-0.4, -0.2) is 30.1 Å². The third-order valence-electron chi connectivity index (χ3n) is 4.78. The van der Waals surface area contributed by atoms with Crippen molar-refractivity contribution in [2.75, 3.05) is 0 Å². The van der Waals surface area contributed by atoms with Gasteiger partial charge in [0.1, 0.15) is 18.0 Å². The van der Waals surface area contributed by atoms with Crippen LogP contribution in [-0.2, 0) is 17.9 Å². The molecule has 1 aromatic carbocycles. The normalized spacial score (nSPS) is 16.2. The quantitative estimate of drug-likeness (QED) is 0.626. The van der Waals surface area contributed by atoms with Gasteiger partial charge in [-0.15, -0.1) is 0 Å². The van der Waals surface area contributed by atoms with Crippen LogP contribution in [0.3, 0.4) is 0 Å². The Morgan fingerprint density at radius 1 is 1.19 bits per heavy atom. The smallest absolute Gasteiger partial charge is 0.348 e. The van der Waals surface area contributed by atoms with Gasteiger partial charge < -0.3 is 10.6 Å². The molecule has 8 nitrogen and oxygen atoms in total. The van der Waals surface area contributed by atoms with Crippen LogP contribution >= 0.6 is 11.8 Å². The Bertz CT molecular complexity index is 1200. The maximum absolute atomic E-state index is 13.5. The molecule has 11 heteroatoms. The van der Waals surface area contributed by atoms with Gasteiger partial charge in [-0.2, -0.15) is 5.10 Å². The molecule has 3 heterocycles. The molecular weight excluding hydrogens is 426 g/mol. The summed E-state index contributed by atoms with van der Waals surface area (Å²) in [5.74, 6) is -2.06. The number of halogens is 2. The third-order valence-corrected chi connectivity index (χ3v) is 6.21. The van der Waals surface area contributed by atoms with E-state index in [1.165, 1.54) is 10.9 Å². The average Bonchev–Trinajstić information content (AvgIpc) is 3.22. The number of pyridine rings is 1. The molecule has 0 spiro atoms. The van der Waals surface area contributed by atoms with Crippen LogP contribution in [0.4, 0.5) is 8.78 Å². The number of nitrogens with two attached hydrogens (primary N) is 1. The number of amides is 1. The Labute approximate surface area is 180 Å². The molecule has 3 aromatic rings. The monoisotopic (exact) mass is 444 g/mol. The molecule has 4 rings (SSSR count). The fourth-order valence-electron chi connectivity index (χ4n) is 3.34. The minimum Gasteiger partial charge on any atom is -0.365 e. The Morgan fingerprint density at radius 2 is 1.94 bits per heavy atom. The highest BCUT2D eigenvalue weighted by Crippen LogP contribution is 2.44. The summed E-state index contributed by atoms with van der Waals surface area (Å²) in [4.78, 5) is 31.4. The van der Waals surface area contributed by atoms with Crippen molar-refractivity contribution in [3.05, 3.63) is 92.9 Å². The van der Waals surface area contributed by atoms with E-state index in [9.17, 15) is 18.4 Å². The van der Waals surface area contributed by atoms with Gasteiger partial charge in [0.15, 0.2) is 5.50 Å². The number of carbonyl (C=O) groups is 1. The van der Waals surface area contributed by atoms with Crippen molar-refractivity contribution >= 4 is 17.7 Å². The molecule has 0 bridgehead atoms. The van der Waals surface area contributed by atoms with E-state index in [-0.39, 0.29) is 12.1 Å². The van der Waals surface area contributed by atoms with Crippen LogP contribution in [0.1, 0.15) is 23.7 Å². The number of nitrogens with zero attached hydrogens (tertiary/aromatic N) is 5. The van der Waals surface area contributed by atoms with Crippen molar-refractivity contribution < 1.29 is 13.6 Å². The van der Waals surface area contributed by atoms with Crippen molar-refractivity contribution in [1.29, 1.82) is 0 Å². The molecule has 160 valence electrons. The van der Waals surface area contributed by atoms with E-state index in [4.69, 9.17) is 5.73 Å². The number of aromatic nitrogens is 4. The lowest BCUT2D eigenvalue weighted by atomic mass is 10.2. The van der Waals surface area contributed by atoms with Crippen LogP contribution in [0.2, 0.25) is 0 Å². The summed E-state index contributed by atoms with van der Waals surface area (Å²) < 4.78 is 29.4. The van der Waals surface area contributed by atoms with E-state index < -0.39 is 28.7 Å². The highest BCUT2D eigenvalue weighted by atomic mass is 32.2. The SMILES string of the molecule is CC1=C(C(N)=O)SC(n2cnn(Cc3cc(F)cc(F)c3)c2=O)N1Cc1ccccn1. The summed E-state index contributed by atoms with van der Waals surface area (Å²) in [6.07, 6.45) is 2.99. The molecule has 2 N–H and O–H groups in total. The second-order valence-electron chi connectivity index (χ2n) is 6.93. The molecule has 1 aliphatic rings. The molecule has 1 atom stereocenters. The molecule has 0 saturated heterocycles. The largest absolute Gasteiger partial charge is 0.365 e. The van der Waals surface area contributed by atoms with Crippen LogP contribution in [0, 0.1) is 11.6 Å². The van der Waals surface area contributed by atoms with Crippen molar-refractivity contribution in [2.24, 2.45) is 5.73 Å². The molecule has 31 heavy (non-hydrogen) atoms. The van der Waals surface area contributed by atoms with Crippen molar-refractivity contribution in [1.82, 2.24) is 24.2 Å². The Balaban J connectivity index is 1.66. The van der Waals surface area contributed by atoms with Gasteiger partial charge >= 0.3 is 5.69 Å². The standard InChI is InChI=1S/C20H18F2N6O2S/c1-12-17(18(23)29)31-20(26(12)10-16-4-2-3-5-24-16)27-11-25-28(19(27)30)9-13-6-14(21)8-15(22)7-13/h2-8,11,20H,9-10H2,1H3,(H2,23,29). The minimum absolute atomic E-state index is 0.104. The third kappa shape index (κ3) is 4.22. The lowest BCUT2D eigenvalue weighted by Gasteiger charge is -2.27. The first kappa shape index (κ1) is 20.8. The van der Waals surface area contributed by atoms with Gasteiger partial charge in [-0.1, -0.05) is 17.8 Å². The number of hydrogen-bond donors (Lipinski definition) is 1. The topological polar surface area (TPSA) is 99.0 Å². The molecular formula is C20H18F2N6O2S. The van der Waals surface area contributed by atoms with Crippen LogP contribution in [0.5, 0.6) is 0 Å². The van der Waals surface area contributed by atoms with E-state index in [0.29, 0.717) is 17.1 Å². The Morgan fingerprint density at radius 3 is 2.58 bits per heavy atom. The van der Waals surface area contributed by atoms with Gasteiger partial charge in [0.2, 0.25) is 0 Å². The average molecular weight is 444 g/mol. The summed E-state index contributed by atoms with van der Waals surface area (Å²) in [6, 6.07) is 8.52. The maximum Gasteiger partial charge on any atom is 0.348 e. The number of primary amides is 1. The zero-order valence-electron chi connectivity index (χ0n) is 16.4. The van der Waals surface area contributed by atoms with E-state index in [2.05, 4.69) is 10.1 Å². The second-order valence-corrected chi connectivity index (χ2v) is 7.99. The van der Waals surface area contributed by atoms with Crippen molar-refractivity contribution in [2.45, 2.75) is 25.5 Å². The predicted octanol–water partition coefficient (Wildman–Crippen LogP) is 2.19. The molecule has 0 aliphatic carbocycles. The first-order valence-corrected chi connectivity index (χ1v) is 10.1.